The van der Waals surface area contributed by atoms with Crippen LogP contribution < -0.4 is 25.4 Å². The van der Waals surface area contributed by atoms with Crippen LogP contribution >= 0.6 is 23.4 Å². The third-order valence-corrected chi connectivity index (χ3v) is 5.60. The molecule has 4 rings (SSSR count). The Kier molecular flexibility index (Phi) is 7.00. The van der Waals surface area contributed by atoms with Crippen molar-refractivity contribution in [3.05, 3.63) is 17.2 Å². The number of benzene rings is 1. The fraction of sp³-hybridized carbons (Fsp3) is 0.421. The smallest absolute Gasteiger partial charge is 0.261 e. The van der Waals surface area contributed by atoms with Gasteiger partial charge in [-0.3, -0.25) is 4.79 Å². The van der Waals surface area contributed by atoms with E-state index < -0.39 is 0 Å². The van der Waals surface area contributed by atoms with Crippen LogP contribution in [0.3, 0.4) is 0 Å². The summed E-state index contributed by atoms with van der Waals surface area (Å²) in [5.74, 6) is 2.37. The molecular weight excluding hydrogens is 456 g/mol. The highest BCUT2D eigenvalue weighted by Crippen LogP contribution is 2.37. The van der Waals surface area contributed by atoms with Gasteiger partial charge in [0.05, 0.1) is 29.7 Å². The average Bonchev–Trinajstić information content (AvgIpc) is 3.04. The van der Waals surface area contributed by atoms with Crippen molar-refractivity contribution in [1.82, 2.24) is 24.6 Å². The predicted octanol–water partition coefficient (Wildman–Crippen LogP) is 2.93. The molecule has 11 nitrogen and oxygen atoms in total. The average molecular weight is 479 g/mol. The maximum atomic E-state index is 12.6. The second kappa shape index (κ2) is 10.1. The Labute approximate surface area is 193 Å². The Balaban J connectivity index is 1.48. The maximum absolute atomic E-state index is 12.6. The highest BCUT2D eigenvalue weighted by Gasteiger charge is 2.18. The molecule has 1 amide bonds. The molecule has 1 aromatic carbocycles. The van der Waals surface area contributed by atoms with Gasteiger partial charge >= 0.3 is 0 Å². The van der Waals surface area contributed by atoms with Crippen LogP contribution in [0.1, 0.15) is 20.3 Å². The molecule has 0 atom stereocenters. The molecule has 0 spiro atoms. The third kappa shape index (κ3) is 4.91. The van der Waals surface area contributed by atoms with Crippen LogP contribution in [0.2, 0.25) is 5.02 Å². The second-order valence-electron chi connectivity index (χ2n) is 6.72. The van der Waals surface area contributed by atoms with Crippen molar-refractivity contribution in [1.29, 1.82) is 0 Å². The van der Waals surface area contributed by atoms with E-state index in [1.54, 1.807) is 16.5 Å². The molecule has 0 unspecified atom stereocenters. The Morgan fingerprint density at radius 2 is 1.88 bits per heavy atom. The summed E-state index contributed by atoms with van der Waals surface area (Å²) in [6.45, 7) is 6.36. The minimum Gasteiger partial charge on any atom is -0.490 e. The number of aromatic nitrogens is 5. The molecule has 0 bridgehead atoms. The van der Waals surface area contributed by atoms with Crippen molar-refractivity contribution in [3.63, 3.8) is 0 Å². The van der Waals surface area contributed by atoms with Gasteiger partial charge in [0, 0.05) is 31.6 Å². The molecule has 3 N–H and O–H groups in total. The van der Waals surface area contributed by atoms with Gasteiger partial charge in [0.2, 0.25) is 17.8 Å². The molecule has 3 heterocycles. The minimum absolute atomic E-state index is 0.0894. The number of hydrogen-bond donors (Lipinski definition) is 3. The van der Waals surface area contributed by atoms with Gasteiger partial charge in [-0.25, -0.2) is 4.40 Å². The number of ether oxygens (including phenoxy) is 2. The molecule has 2 aromatic heterocycles. The lowest BCUT2D eigenvalue weighted by atomic mass is 10.2. The quantitative estimate of drug-likeness (QED) is 0.415. The first-order valence-corrected chi connectivity index (χ1v) is 11.6. The first-order valence-electron chi connectivity index (χ1n) is 10.2. The number of halogens is 1. The zero-order valence-electron chi connectivity index (χ0n) is 17.6. The van der Waals surface area contributed by atoms with Crippen LogP contribution in [0, 0.1) is 0 Å². The van der Waals surface area contributed by atoms with E-state index in [1.165, 1.54) is 11.8 Å². The number of nitrogens with zero attached hydrogens (tertiary/aromatic N) is 5. The van der Waals surface area contributed by atoms with Crippen molar-refractivity contribution >= 4 is 52.6 Å². The molecule has 170 valence electrons. The topological polar surface area (TPSA) is 128 Å². The zero-order chi connectivity index (χ0) is 22.5. The van der Waals surface area contributed by atoms with Crippen LogP contribution in [-0.4, -0.2) is 62.5 Å². The molecule has 0 aliphatic carbocycles. The predicted molar refractivity (Wildman–Crippen MR) is 123 cm³/mol. The van der Waals surface area contributed by atoms with Crippen molar-refractivity contribution in [3.8, 4) is 11.5 Å². The van der Waals surface area contributed by atoms with E-state index in [2.05, 4.69) is 36.1 Å². The lowest BCUT2D eigenvalue weighted by Gasteiger charge is -2.12. The molecule has 0 radical (unpaired) electrons. The molecule has 0 saturated carbocycles. The SMILES string of the molecule is CCNc1nc(NCC)n2c(SCC(=O)Nc3cc4c(cc3Cl)OCCCO4)nnc2n1. The van der Waals surface area contributed by atoms with Crippen molar-refractivity contribution in [2.24, 2.45) is 0 Å². The van der Waals surface area contributed by atoms with Crippen molar-refractivity contribution < 1.29 is 14.3 Å². The highest BCUT2D eigenvalue weighted by atomic mass is 35.5. The first-order chi connectivity index (χ1) is 15.6. The van der Waals surface area contributed by atoms with Gasteiger partial charge in [0.15, 0.2) is 16.7 Å². The van der Waals surface area contributed by atoms with E-state index in [-0.39, 0.29) is 11.7 Å². The summed E-state index contributed by atoms with van der Waals surface area (Å²) in [4.78, 5) is 21.4. The van der Waals surface area contributed by atoms with Crippen LogP contribution in [0.4, 0.5) is 17.6 Å². The number of rotatable bonds is 8. The van der Waals surface area contributed by atoms with Gasteiger partial charge in [0.1, 0.15) is 0 Å². The lowest BCUT2D eigenvalue weighted by Crippen LogP contribution is -2.15. The van der Waals surface area contributed by atoms with E-state index in [0.29, 0.717) is 71.3 Å². The summed E-state index contributed by atoms with van der Waals surface area (Å²) in [6.07, 6.45) is 0.783. The Bertz CT molecular complexity index is 1130. The fourth-order valence-electron chi connectivity index (χ4n) is 2.99. The third-order valence-electron chi connectivity index (χ3n) is 4.36. The molecule has 1 aliphatic heterocycles. The van der Waals surface area contributed by atoms with Gasteiger partial charge in [-0.05, 0) is 13.8 Å². The molecule has 32 heavy (non-hydrogen) atoms. The summed E-state index contributed by atoms with van der Waals surface area (Å²) in [7, 11) is 0. The summed E-state index contributed by atoms with van der Waals surface area (Å²) < 4.78 is 13.0. The summed E-state index contributed by atoms with van der Waals surface area (Å²) in [5.41, 5.74) is 0.458. The lowest BCUT2D eigenvalue weighted by molar-refractivity contribution is -0.113. The highest BCUT2D eigenvalue weighted by molar-refractivity contribution is 7.99. The van der Waals surface area contributed by atoms with Gasteiger partial charge in [-0.15, -0.1) is 10.2 Å². The van der Waals surface area contributed by atoms with Gasteiger partial charge in [-0.1, -0.05) is 23.4 Å². The number of fused-ring (bicyclic) bond motifs is 2. The Morgan fingerprint density at radius 1 is 1.12 bits per heavy atom. The molecule has 1 aliphatic rings. The monoisotopic (exact) mass is 478 g/mol. The molecule has 13 heteroatoms. The number of nitrogens with one attached hydrogen (secondary N) is 3. The van der Waals surface area contributed by atoms with Gasteiger partial charge in [-0.2, -0.15) is 9.97 Å². The van der Waals surface area contributed by atoms with Crippen LogP contribution in [0.25, 0.3) is 5.78 Å². The van der Waals surface area contributed by atoms with E-state index in [4.69, 9.17) is 21.1 Å². The van der Waals surface area contributed by atoms with E-state index in [9.17, 15) is 4.79 Å². The van der Waals surface area contributed by atoms with Crippen molar-refractivity contribution in [2.45, 2.75) is 25.4 Å². The summed E-state index contributed by atoms with van der Waals surface area (Å²) in [6, 6.07) is 3.33. The Morgan fingerprint density at radius 3 is 2.62 bits per heavy atom. The molecular formula is C19H23ClN8O3S. The summed E-state index contributed by atoms with van der Waals surface area (Å²) >= 11 is 7.54. The largest absolute Gasteiger partial charge is 0.490 e. The zero-order valence-corrected chi connectivity index (χ0v) is 19.2. The number of anilines is 3. The van der Waals surface area contributed by atoms with Crippen LogP contribution in [-0.2, 0) is 4.79 Å². The number of carbonyl (C=O) groups excluding carboxylic acids is 1. The van der Waals surface area contributed by atoms with E-state index >= 15 is 0 Å². The number of thioether (sulfide) groups is 1. The standard InChI is InChI=1S/C19H23ClN8O3S/c1-3-21-16-24-17(22-4-2)28-18(25-16)26-27-19(28)32-10-15(29)23-12-9-14-13(8-11(12)20)30-6-5-7-31-14/h8-9H,3-7,10H2,1-2H3,(H,23,29)(H2,21,22,24,25,26). The van der Waals surface area contributed by atoms with E-state index in [0.717, 1.165) is 6.42 Å². The number of amides is 1. The van der Waals surface area contributed by atoms with E-state index in [1.807, 2.05) is 13.8 Å². The number of carbonyl (C=O) groups is 1. The second-order valence-corrected chi connectivity index (χ2v) is 8.07. The molecule has 3 aromatic rings. The normalized spacial score (nSPS) is 13.0. The molecule has 0 saturated heterocycles. The van der Waals surface area contributed by atoms with Crippen molar-refractivity contribution in [2.75, 3.05) is 48.0 Å². The fourth-order valence-corrected chi connectivity index (χ4v) is 3.92. The summed E-state index contributed by atoms with van der Waals surface area (Å²) in [5, 5.41) is 18.2. The Hall–Kier alpha value is -2.99. The minimum atomic E-state index is -0.252. The first kappa shape index (κ1) is 22.2. The van der Waals surface area contributed by atoms with Gasteiger partial charge in [0.25, 0.3) is 5.78 Å². The number of hydrogen-bond acceptors (Lipinski definition) is 10. The maximum Gasteiger partial charge on any atom is 0.261 e. The van der Waals surface area contributed by atoms with Crippen LogP contribution in [0.5, 0.6) is 11.5 Å². The van der Waals surface area contributed by atoms with Gasteiger partial charge < -0.3 is 25.4 Å². The van der Waals surface area contributed by atoms with Crippen LogP contribution in [0.15, 0.2) is 17.3 Å². The molecule has 0 fully saturated rings.